The predicted molar refractivity (Wildman–Crippen MR) is 228 cm³/mol. The highest BCUT2D eigenvalue weighted by Crippen LogP contribution is 2.48. The molecular formula is C52H35NO. The van der Waals surface area contributed by atoms with Crippen LogP contribution in [-0.4, -0.2) is 0 Å². The van der Waals surface area contributed by atoms with E-state index in [1.807, 2.05) is 0 Å². The zero-order chi connectivity index (χ0) is 64.6. The average Bonchev–Trinajstić information content (AvgIpc) is 1.65. The molecule has 0 bridgehead atoms. The van der Waals surface area contributed by atoms with Crippen LogP contribution >= 0.6 is 0 Å². The van der Waals surface area contributed by atoms with Gasteiger partial charge in [0.1, 0.15) is 11.2 Å². The molecule has 0 saturated carbocycles. The summed E-state index contributed by atoms with van der Waals surface area (Å²) >= 11 is 0. The van der Waals surface area contributed by atoms with Crippen LogP contribution in [0.3, 0.4) is 0 Å². The van der Waals surface area contributed by atoms with E-state index in [1.54, 1.807) is 0 Å². The lowest BCUT2D eigenvalue weighted by atomic mass is 9.94. The van der Waals surface area contributed by atoms with Gasteiger partial charge in [-0.3, -0.25) is 0 Å². The molecule has 0 N–H and O–H groups in total. The number of nitrogens with zero attached hydrogens (tertiary/aromatic N) is 1. The van der Waals surface area contributed by atoms with Crippen molar-refractivity contribution in [2.75, 3.05) is 4.90 Å². The van der Waals surface area contributed by atoms with Crippen LogP contribution in [0.5, 0.6) is 0 Å². The molecule has 0 atom stereocenters. The molecule has 0 aliphatic carbocycles. The minimum Gasteiger partial charge on any atom is -0.455 e. The molecule has 0 spiro atoms. The van der Waals surface area contributed by atoms with E-state index in [-0.39, 0.29) is 0 Å². The van der Waals surface area contributed by atoms with E-state index in [9.17, 15) is 15.1 Å². The molecule has 0 amide bonds. The molecule has 0 unspecified atom stereocenters. The molecule has 54 heavy (non-hydrogen) atoms. The summed E-state index contributed by atoms with van der Waals surface area (Å²) in [6, 6.07) is -32.0. The summed E-state index contributed by atoms with van der Waals surface area (Å²) in [7, 11) is 0. The first-order valence-corrected chi connectivity index (χ1v) is 15.7. The molecule has 0 radical (unpaired) electrons. The lowest BCUT2D eigenvalue weighted by Crippen LogP contribution is -2.10. The van der Waals surface area contributed by atoms with Gasteiger partial charge in [-0.25, -0.2) is 0 Å². The highest BCUT2D eigenvalue weighted by atomic mass is 16.3. The molecular weight excluding hydrogens is 655 g/mol. The van der Waals surface area contributed by atoms with Crippen molar-refractivity contribution < 1.29 is 49.7 Å². The second-order valence-electron chi connectivity index (χ2n) is 11.2. The van der Waals surface area contributed by atoms with Crippen LogP contribution in [-0.2, 0) is 0 Å². The summed E-state index contributed by atoms with van der Waals surface area (Å²) in [5.74, 6) is 0. The van der Waals surface area contributed by atoms with Gasteiger partial charge in [0, 0.05) is 22.1 Å². The first kappa shape index (κ1) is 12.5. The Hall–Kier alpha value is -7.16. The molecule has 9 aromatic carbocycles. The highest BCUT2D eigenvalue weighted by Gasteiger charge is 2.23. The Morgan fingerprint density at radius 2 is 0.852 bits per heavy atom. The Bertz CT molecular complexity index is 4690. The monoisotopic (exact) mass is 722 g/mol. The average molecular weight is 723 g/mol. The highest BCUT2D eigenvalue weighted by molar-refractivity contribution is 6.23. The van der Waals surface area contributed by atoms with E-state index in [0.717, 1.165) is 12.1 Å². The van der Waals surface area contributed by atoms with Gasteiger partial charge >= 0.3 is 0 Å². The number of hydrogen-bond acceptors (Lipinski definition) is 2. The minimum absolute atomic E-state index is 0.426. The fourth-order valence-corrected chi connectivity index (χ4v) is 5.75. The zero-order valence-corrected chi connectivity index (χ0v) is 27.0. The van der Waals surface area contributed by atoms with Crippen LogP contribution in [0.2, 0.25) is 0 Å². The maximum absolute atomic E-state index is 10.4. The number of benzene rings is 9. The van der Waals surface area contributed by atoms with E-state index in [2.05, 4.69) is 0 Å². The standard InChI is InChI=1S/C52H35NO/c1-5-15-36(16-6-1)39-25-29-43(30-26-39)53(44-31-27-40(28-32-44)37-17-7-2-8-18-37)49-33-42(38-19-9-3-10-20-38)34-50-51(49)48-35-47(41-21-11-4-12-22-41)45-23-13-14-24-46(45)52(48)54-50/h1-35H/i1D,2D,3D,4D,5D,6D,7D,8D,9D,10D,11D,12D,13D,14D,15D,16D,17D,18D,19D,20D,21D,22D,23D,24D,25D,26D,29D,30D,31D,32D,33D,34D,35D. The Morgan fingerprint density at radius 3 is 1.46 bits per heavy atom. The van der Waals surface area contributed by atoms with Gasteiger partial charge in [0.2, 0.25) is 0 Å². The Labute approximate surface area is 361 Å². The third-order valence-corrected chi connectivity index (χ3v) is 8.09. The van der Waals surface area contributed by atoms with Crippen LogP contribution in [0.1, 0.15) is 45.2 Å². The first-order chi connectivity index (χ1) is 40.5. The number of hydrogen-bond donors (Lipinski definition) is 0. The van der Waals surface area contributed by atoms with Crippen molar-refractivity contribution in [3.63, 3.8) is 0 Å². The summed E-state index contributed by atoms with van der Waals surface area (Å²) in [6.45, 7) is 0. The quantitative estimate of drug-likeness (QED) is 0.163. The number of rotatable bonds is 7. The Balaban J connectivity index is 1.54. The smallest absolute Gasteiger partial charge is 0.143 e. The van der Waals surface area contributed by atoms with Crippen LogP contribution in [0.15, 0.2) is 216 Å². The third kappa shape index (κ3) is 5.62. The SMILES string of the molecule is [2H]c1cc(-c2c([2H])c([2H])c([2H])c([2H])c2[2H])cc([2H])c1N(c1c([2H])c([2H])c(-c2c([2H])c([2H])c([2H])c([2H])c2[2H])c([2H])c1[2H])c1c([2H])c(-c2c([2H])c([2H])c([2H])c([2H])c2[2H])c([2H])c2oc3c4c([2H])c([2H])c([2H])c([2H])c4c(-c4c([2H])c([2H])c([2H])c([2H])c4[2H])c([2H])c3c12. The molecule has 1 heterocycles. The fourth-order valence-electron chi connectivity index (χ4n) is 5.75. The molecule has 10 rings (SSSR count). The van der Waals surface area contributed by atoms with Crippen LogP contribution in [0.25, 0.3) is 77.2 Å². The van der Waals surface area contributed by atoms with E-state index in [1.165, 1.54) is 0 Å². The summed E-state index contributed by atoms with van der Waals surface area (Å²) in [6.07, 6.45) is 0. The third-order valence-electron chi connectivity index (χ3n) is 8.09. The Kier molecular flexibility index (Phi) is 3.10. The lowest BCUT2D eigenvalue weighted by Gasteiger charge is -2.27. The fraction of sp³-hybridized carbons (Fsp3) is 0. The second-order valence-corrected chi connectivity index (χ2v) is 11.2. The van der Waals surface area contributed by atoms with Crippen LogP contribution in [0.4, 0.5) is 17.1 Å². The molecule has 0 fully saturated rings. The first-order valence-electron chi connectivity index (χ1n) is 32.2. The van der Waals surface area contributed by atoms with Crippen molar-refractivity contribution in [2.24, 2.45) is 0 Å². The van der Waals surface area contributed by atoms with Crippen molar-refractivity contribution in [3.8, 4) is 44.5 Å². The van der Waals surface area contributed by atoms with Crippen molar-refractivity contribution in [3.05, 3.63) is 212 Å². The minimum atomic E-state index is -1.28. The van der Waals surface area contributed by atoms with E-state index < -0.39 is 294 Å². The summed E-state index contributed by atoms with van der Waals surface area (Å²) in [4.78, 5) is 0.481. The predicted octanol–water partition coefficient (Wildman–Crippen LogP) is 14.9. The summed E-state index contributed by atoms with van der Waals surface area (Å²) in [5, 5.41) is -3.11. The topological polar surface area (TPSA) is 16.4 Å². The lowest BCUT2D eigenvalue weighted by molar-refractivity contribution is 0.673. The maximum atomic E-state index is 10.4. The number of fused-ring (bicyclic) bond motifs is 5. The van der Waals surface area contributed by atoms with E-state index in [4.69, 9.17) is 34.6 Å². The van der Waals surface area contributed by atoms with Crippen LogP contribution in [0, 0.1) is 0 Å². The molecule has 10 aromatic rings. The molecule has 0 aliphatic heterocycles. The summed E-state index contributed by atoms with van der Waals surface area (Å²) < 4.78 is 304. The zero-order valence-electron chi connectivity index (χ0n) is 60.0. The van der Waals surface area contributed by atoms with Gasteiger partial charge in [0.15, 0.2) is 0 Å². The molecule has 2 heteroatoms. The van der Waals surface area contributed by atoms with Gasteiger partial charge in [-0.05, 0) is 92.2 Å². The maximum Gasteiger partial charge on any atom is 0.143 e. The molecule has 254 valence electrons. The molecule has 2 nitrogen and oxygen atoms in total. The number of anilines is 3. The van der Waals surface area contributed by atoms with Crippen molar-refractivity contribution in [1.82, 2.24) is 0 Å². The second kappa shape index (κ2) is 13.4. The van der Waals surface area contributed by atoms with E-state index in [0.29, 0.717) is 4.90 Å². The van der Waals surface area contributed by atoms with Gasteiger partial charge in [-0.1, -0.05) is 169 Å². The molecule has 0 aliphatic rings. The van der Waals surface area contributed by atoms with E-state index >= 15 is 0 Å². The normalized spacial score (nSPS) is 19.9. The van der Waals surface area contributed by atoms with Crippen molar-refractivity contribution >= 4 is 49.8 Å². The molecule has 1 aromatic heterocycles. The van der Waals surface area contributed by atoms with Gasteiger partial charge in [0.25, 0.3) is 0 Å². The molecule has 0 saturated heterocycles. The van der Waals surface area contributed by atoms with Gasteiger partial charge < -0.3 is 9.32 Å². The van der Waals surface area contributed by atoms with Gasteiger partial charge in [-0.2, -0.15) is 0 Å². The largest absolute Gasteiger partial charge is 0.455 e. The van der Waals surface area contributed by atoms with Crippen molar-refractivity contribution in [2.45, 2.75) is 0 Å². The van der Waals surface area contributed by atoms with Crippen LogP contribution < -0.4 is 4.90 Å². The Morgan fingerprint density at radius 1 is 0.370 bits per heavy atom. The summed E-state index contributed by atoms with van der Waals surface area (Å²) in [5.41, 5.74) is -11.4. The van der Waals surface area contributed by atoms with Gasteiger partial charge in [-0.15, -0.1) is 0 Å². The van der Waals surface area contributed by atoms with Gasteiger partial charge in [0.05, 0.1) is 56.3 Å². The van der Waals surface area contributed by atoms with Crippen molar-refractivity contribution in [1.29, 1.82) is 0 Å². The number of furan rings is 1.